The molecule has 15 heavy (non-hydrogen) atoms. The van der Waals surface area contributed by atoms with Crippen LogP contribution in [0.1, 0.15) is 51.4 Å². The molecule has 2 unspecified atom stereocenters. The summed E-state index contributed by atoms with van der Waals surface area (Å²) in [5.41, 5.74) is 0. The summed E-state index contributed by atoms with van der Waals surface area (Å²) in [7, 11) is 2.08. The minimum absolute atomic E-state index is 0.550. The van der Waals surface area contributed by atoms with Crippen LogP contribution in [0.25, 0.3) is 0 Å². The first-order chi connectivity index (χ1) is 7.40. The Morgan fingerprint density at radius 3 is 2.40 bits per heavy atom. The van der Waals surface area contributed by atoms with Gasteiger partial charge in [-0.1, -0.05) is 25.7 Å². The van der Waals surface area contributed by atoms with Crippen molar-refractivity contribution in [2.45, 2.75) is 63.5 Å². The summed E-state index contributed by atoms with van der Waals surface area (Å²) < 4.78 is 5.97. The van der Waals surface area contributed by atoms with Crippen LogP contribution >= 0.6 is 0 Å². The molecule has 0 aromatic heterocycles. The molecule has 1 heterocycles. The Bertz CT molecular complexity index is 175. The van der Waals surface area contributed by atoms with Crippen LogP contribution in [-0.4, -0.2) is 25.8 Å². The molecule has 2 aliphatic rings. The van der Waals surface area contributed by atoms with E-state index in [0.717, 1.165) is 12.5 Å². The Morgan fingerprint density at radius 2 is 1.73 bits per heavy atom. The fraction of sp³-hybridized carbons (Fsp3) is 1.00. The van der Waals surface area contributed by atoms with Gasteiger partial charge < -0.3 is 10.1 Å². The predicted molar refractivity (Wildman–Crippen MR) is 63.0 cm³/mol. The second-order valence-electron chi connectivity index (χ2n) is 5.17. The lowest BCUT2D eigenvalue weighted by atomic mass is 9.88. The van der Waals surface area contributed by atoms with Gasteiger partial charge >= 0.3 is 0 Å². The van der Waals surface area contributed by atoms with Crippen molar-refractivity contribution in [3.05, 3.63) is 0 Å². The molecular weight excluding hydrogens is 186 g/mol. The summed E-state index contributed by atoms with van der Waals surface area (Å²) in [6, 6.07) is 0.701. The maximum absolute atomic E-state index is 5.97. The van der Waals surface area contributed by atoms with Crippen LogP contribution < -0.4 is 5.32 Å². The molecular formula is C13H25NO. The maximum Gasteiger partial charge on any atom is 0.0618 e. The van der Waals surface area contributed by atoms with Crippen LogP contribution in [0.3, 0.4) is 0 Å². The van der Waals surface area contributed by atoms with Gasteiger partial charge in [-0.05, 0) is 38.6 Å². The third-order valence-electron chi connectivity index (χ3n) is 4.15. The minimum Gasteiger partial charge on any atom is -0.378 e. The molecule has 2 heteroatoms. The summed E-state index contributed by atoms with van der Waals surface area (Å²) in [6.07, 6.45) is 11.5. The highest BCUT2D eigenvalue weighted by Gasteiger charge is 2.28. The zero-order chi connectivity index (χ0) is 10.5. The molecule has 1 aliphatic carbocycles. The summed E-state index contributed by atoms with van der Waals surface area (Å²) in [6.45, 7) is 0.965. The van der Waals surface area contributed by atoms with Crippen molar-refractivity contribution in [1.29, 1.82) is 0 Å². The smallest absolute Gasteiger partial charge is 0.0618 e. The molecule has 2 rings (SSSR count). The molecule has 0 amide bonds. The number of ether oxygens (including phenoxy) is 1. The summed E-state index contributed by atoms with van der Waals surface area (Å²) in [5, 5.41) is 3.41. The van der Waals surface area contributed by atoms with Crippen LogP contribution in [0, 0.1) is 5.92 Å². The minimum atomic E-state index is 0.550. The Balaban J connectivity index is 1.84. The predicted octanol–water partition coefficient (Wildman–Crippen LogP) is 2.72. The van der Waals surface area contributed by atoms with Gasteiger partial charge in [0.15, 0.2) is 0 Å². The summed E-state index contributed by atoms with van der Waals surface area (Å²) >= 11 is 0. The SMILES string of the molecule is CNC1CCOC(C2CCCCCC2)C1. The molecule has 0 bridgehead atoms. The van der Waals surface area contributed by atoms with Gasteiger partial charge in [-0.15, -0.1) is 0 Å². The molecule has 2 atom stereocenters. The fourth-order valence-corrected chi connectivity index (χ4v) is 3.10. The normalized spacial score (nSPS) is 35.0. The lowest BCUT2D eigenvalue weighted by Gasteiger charge is -2.34. The molecule has 1 saturated carbocycles. The van der Waals surface area contributed by atoms with E-state index in [4.69, 9.17) is 4.74 Å². The number of rotatable bonds is 2. The quantitative estimate of drug-likeness (QED) is 0.709. The number of nitrogens with one attached hydrogen (secondary N) is 1. The molecule has 1 aliphatic heterocycles. The molecule has 0 radical (unpaired) electrons. The van der Waals surface area contributed by atoms with Crippen molar-refractivity contribution in [2.75, 3.05) is 13.7 Å². The summed E-state index contributed by atoms with van der Waals surface area (Å²) in [5.74, 6) is 0.851. The van der Waals surface area contributed by atoms with E-state index in [1.807, 2.05) is 0 Å². The van der Waals surface area contributed by atoms with Crippen LogP contribution in [-0.2, 0) is 4.74 Å². The lowest BCUT2D eigenvalue weighted by Crippen LogP contribution is -2.40. The van der Waals surface area contributed by atoms with E-state index >= 15 is 0 Å². The van der Waals surface area contributed by atoms with Crippen molar-refractivity contribution in [2.24, 2.45) is 5.92 Å². The zero-order valence-corrected chi connectivity index (χ0v) is 10.0. The largest absolute Gasteiger partial charge is 0.378 e. The number of hydrogen-bond acceptors (Lipinski definition) is 2. The number of hydrogen-bond donors (Lipinski definition) is 1. The van der Waals surface area contributed by atoms with E-state index in [2.05, 4.69) is 12.4 Å². The molecule has 0 spiro atoms. The van der Waals surface area contributed by atoms with E-state index in [9.17, 15) is 0 Å². The van der Waals surface area contributed by atoms with Gasteiger partial charge in [0.1, 0.15) is 0 Å². The van der Waals surface area contributed by atoms with E-state index in [1.54, 1.807) is 0 Å². The van der Waals surface area contributed by atoms with E-state index in [0.29, 0.717) is 12.1 Å². The first kappa shape index (κ1) is 11.4. The van der Waals surface area contributed by atoms with Crippen LogP contribution in [0.5, 0.6) is 0 Å². The van der Waals surface area contributed by atoms with Gasteiger partial charge in [-0.2, -0.15) is 0 Å². The van der Waals surface area contributed by atoms with E-state index in [-0.39, 0.29) is 0 Å². The van der Waals surface area contributed by atoms with Crippen molar-refractivity contribution in [3.63, 3.8) is 0 Å². The van der Waals surface area contributed by atoms with E-state index in [1.165, 1.54) is 51.4 Å². The molecule has 88 valence electrons. The van der Waals surface area contributed by atoms with Gasteiger partial charge in [0.2, 0.25) is 0 Å². The first-order valence-electron chi connectivity index (χ1n) is 6.69. The van der Waals surface area contributed by atoms with Crippen molar-refractivity contribution in [3.8, 4) is 0 Å². The Kier molecular flexibility index (Phi) is 4.45. The van der Waals surface area contributed by atoms with Crippen molar-refractivity contribution < 1.29 is 4.74 Å². The van der Waals surface area contributed by atoms with Gasteiger partial charge in [0.05, 0.1) is 6.10 Å². The highest BCUT2D eigenvalue weighted by atomic mass is 16.5. The highest BCUT2D eigenvalue weighted by Crippen LogP contribution is 2.31. The topological polar surface area (TPSA) is 21.3 Å². The second-order valence-corrected chi connectivity index (χ2v) is 5.17. The van der Waals surface area contributed by atoms with Crippen LogP contribution in [0.4, 0.5) is 0 Å². The standard InChI is InChI=1S/C13H25NO/c1-14-12-8-9-15-13(10-12)11-6-4-2-3-5-7-11/h11-14H,2-10H2,1H3. The average molecular weight is 211 g/mol. The fourth-order valence-electron chi connectivity index (χ4n) is 3.10. The zero-order valence-electron chi connectivity index (χ0n) is 10.0. The van der Waals surface area contributed by atoms with Gasteiger partial charge in [-0.3, -0.25) is 0 Å². The van der Waals surface area contributed by atoms with Crippen LogP contribution in [0.15, 0.2) is 0 Å². The third kappa shape index (κ3) is 3.18. The van der Waals surface area contributed by atoms with Gasteiger partial charge in [0, 0.05) is 12.6 Å². The summed E-state index contributed by atoms with van der Waals surface area (Å²) in [4.78, 5) is 0. The van der Waals surface area contributed by atoms with Crippen molar-refractivity contribution in [1.82, 2.24) is 5.32 Å². The Labute approximate surface area is 93.8 Å². The lowest BCUT2D eigenvalue weighted by molar-refractivity contribution is -0.0355. The Morgan fingerprint density at radius 1 is 1.00 bits per heavy atom. The molecule has 0 aromatic rings. The second kappa shape index (κ2) is 5.86. The molecule has 1 N–H and O–H groups in total. The molecule has 2 fully saturated rings. The highest BCUT2D eigenvalue weighted by molar-refractivity contribution is 4.81. The molecule has 1 saturated heterocycles. The average Bonchev–Trinajstić information content (AvgIpc) is 2.58. The van der Waals surface area contributed by atoms with Crippen molar-refractivity contribution >= 4 is 0 Å². The Hall–Kier alpha value is -0.0800. The molecule has 0 aromatic carbocycles. The molecule has 2 nitrogen and oxygen atoms in total. The third-order valence-corrected chi connectivity index (χ3v) is 4.15. The van der Waals surface area contributed by atoms with Crippen LogP contribution in [0.2, 0.25) is 0 Å². The van der Waals surface area contributed by atoms with Gasteiger partial charge in [-0.25, -0.2) is 0 Å². The first-order valence-corrected chi connectivity index (χ1v) is 6.69. The maximum atomic E-state index is 5.97. The monoisotopic (exact) mass is 211 g/mol. The van der Waals surface area contributed by atoms with Gasteiger partial charge in [0.25, 0.3) is 0 Å². The van der Waals surface area contributed by atoms with E-state index < -0.39 is 0 Å².